The molecule has 0 aromatic heterocycles. The van der Waals surface area contributed by atoms with Crippen LogP contribution in [0.2, 0.25) is 0 Å². The van der Waals surface area contributed by atoms with Gasteiger partial charge in [0.05, 0.1) is 5.60 Å². The van der Waals surface area contributed by atoms with Crippen LogP contribution in [0.4, 0.5) is 4.39 Å². The number of rotatable bonds is 2. The highest BCUT2D eigenvalue weighted by Crippen LogP contribution is 2.45. The Bertz CT molecular complexity index is 425. The summed E-state index contributed by atoms with van der Waals surface area (Å²) in [5.41, 5.74) is 1.61. The van der Waals surface area contributed by atoms with E-state index in [-0.39, 0.29) is 11.2 Å². The molecule has 94 valence electrons. The zero-order valence-electron chi connectivity index (χ0n) is 10.9. The zero-order valence-corrected chi connectivity index (χ0v) is 10.9. The summed E-state index contributed by atoms with van der Waals surface area (Å²) in [5.74, 6) is -0.204. The fourth-order valence-electron chi connectivity index (χ4n) is 3.00. The minimum Gasteiger partial charge on any atom is -0.390 e. The van der Waals surface area contributed by atoms with Gasteiger partial charge in [0.2, 0.25) is 0 Å². The third-order valence-electron chi connectivity index (χ3n) is 3.90. The second-order valence-corrected chi connectivity index (χ2v) is 6.31. The first-order valence-corrected chi connectivity index (χ1v) is 6.27. The lowest BCUT2D eigenvalue weighted by Crippen LogP contribution is -2.29. The Morgan fingerprint density at radius 2 is 2.00 bits per heavy atom. The predicted octanol–water partition coefficient (Wildman–Crippen LogP) is 3.62. The van der Waals surface area contributed by atoms with Crippen molar-refractivity contribution in [2.75, 3.05) is 0 Å². The van der Waals surface area contributed by atoms with Crippen LogP contribution in [-0.2, 0) is 6.42 Å². The van der Waals surface area contributed by atoms with Crippen molar-refractivity contribution in [1.29, 1.82) is 0 Å². The van der Waals surface area contributed by atoms with Gasteiger partial charge in [-0.2, -0.15) is 0 Å². The van der Waals surface area contributed by atoms with E-state index in [1.165, 1.54) is 6.07 Å². The average Bonchev–Trinajstić information content (AvgIpc) is 2.46. The molecular weight excluding hydrogens is 215 g/mol. The van der Waals surface area contributed by atoms with Crippen molar-refractivity contribution in [3.8, 4) is 0 Å². The summed E-state index contributed by atoms with van der Waals surface area (Å²) < 4.78 is 13.0. The van der Waals surface area contributed by atoms with E-state index in [1.807, 2.05) is 6.92 Å². The quantitative estimate of drug-likeness (QED) is 0.831. The van der Waals surface area contributed by atoms with Gasteiger partial charge in [0, 0.05) is 6.42 Å². The van der Waals surface area contributed by atoms with Crippen LogP contribution in [0, 0.1) is 18.2 Å². The molecule has 0 heterocycles. The highest BCUT2D eigenvalue weighted by molar-refractivity contribution is 5.28. The first-order chi connectivity index (χ1) is 7.80. The molecule has 0 aliphatic heterocycles. The van der Waals surface area contributed by atoms with Crippen LogP contribution in [0.1, 0.15) is 44.2 Å². The molecule has 0 spiro atoms. The highest BCUT2D eigenvalue weighted by Gasteiger charge is 2.41. The molecule has 1 aliphatic rings. The molecule has 0 saturated heterocycles. The molecule has 0 amide bonds. The lowest BCUT2D eigenvalue weighted by atomic mass is 9.85. The Kier molecular flexibility index (Phi) is 3.03. The maximum atomic E-state index is 13.0. The average molecular weight is 236 g/mol. The van der Waals surface area contributed by atoms with E-state index < -0.39 is 5.60 Å². The van der Waals surface area contributed by atoms with Crippen LogP contribution < -0.4 is 0 Å². The molecule has 1 aliphatic carbocycles. The number of benzene rings is 1. The van der Waals surface area contributed by atoms with E-state index in [0.29, 0.717) is 6.42 Å². The van der Waals surface area contributed by atoms with Crippen molar-refractivity contribution >= 4 is 0 Å². The number of aliphatic hydroxyl groups is 1. The van der Waals surface area contributed by atoms with E-state index in [4.69, 9.17) is 0 Å². The molecular formula is C15H21FO. The second kappa shape index (κ2) is 4.09. The first kappa shape index (κ1) is 12.6. The van der Waals surface area contributed by atoms with Gasteiger partial charge in [-0.1, -0.05) is 19.9 Å². The molecule has 1 aromatic rings. The molecule has 1 unspecified atom stereocenters. The molecule has 1 fully saturated rings. The number of hydrogen-bond donors (Lipinski definition) is 1. The lowest BCUT2D eigenvalue weighted by Gasteiger charge is -2.26. The summed E-state index contributed by atoms with van der Waals surface area (Å²) in [6.07, 6.45) is 3.37. The first-order valence-electron chi connectivity index (χ1n) is 6.27. The van der Waals surface area contributed by atoms with Gasteiger partial charge in [-0.3, -0.25) is 0 Å². The van der Waals surface area contributed by atoms with E-state index in [2.05, 4.69) is 13.8 Å². The smallest absolute Gasteiger partial charge is 0.123 e. The summed E-state index contributed by atoms with van der Waals surface area (Å²) in [5, 5.41) is 10.6. The SMILES string of the molecule is Cc1cc(F)ccc1CC1(O)CCC(C)(C)C1. The maximum absolute atomic E-state index is 13.0. The molecule has 17 heavy (non-hydrogen) atoms. The normalized spacial score (nSPS) is 27.4. The summed E-state index contributed by atoms with van der Waals surface area (Å²) in [6, 6.07) is 4.82. The summed E-state index contributed by atoms with van der Waals surface area (Å²) in [6.45, 7) is 6.30. The molecule has 0 bridgehead atoms. The van der Waals surface area contributed by atoms with Gasteiger partial charge < -0.3 is 5.11 Å². The van der Waals surface area contributed by atoms with Crippen LogP contribution in [-0.4, -0.2) is 10.7 Å². The third kappa shape index (κ3) is 2.86. The molecule has 2 rings (SSSR count). The molecule has 1 atom stereocenters. The Labute approximate surface area is 103 Å². The van der Waals surface area contributed by atoms with E-state index >= 15 is 0 Å². The van der Waals surface area contributed by atoms with Crippen LogP contribution in [0.25, 0.3) is 0 Å². The van der Waals surface area contributed by atoms with Crippen molar-refractivity contribution < 1.29 is 9.50 Å². The minimum absolute atomic E-state index is 0.204. The Morgan fingerprint density at radius 3 is 2.53 bits per heavy atom. The fraction of sp³-hybridized carbons (Fsp3) is 0.600. The lowest BCUT2D eigenvalue weighted by molar-refractivity contribution is 0.0377. The number of halogens is 1. The van der Waals surface area contributed by atoms with Crippen molar-refractivity contribution in [2.45, 2.75) is 52.1 Å². The van der Waals surface area contributed by atoms with Crippen molar-refractivity contribution in [2.24, 2.45) is 5.41 Å². The monoisotopic (exact) mass is 236 g/mol. The topological polar surface area (TPSA) is 20.2 Å². The number of aryl methyl sites for hydroxylation is 1. The van der Waals surface area contributed by atoms with Crippen LogP contribution >= 0.6 is 0 Å². The molecule has 2 heteroatoms. The van der Waals surface area contributed by atoms with Crippen molar-refractivity contribution in [3.05, 3.63) is 35.1 Å². The largest absolute Gasteiger partial charge is 0.390 e. The minimum atomic E-state index is -0.605. The molecule has 1 N–H and O–H groups in total. The molecule has 0 radical (unpaired) electrons. The molecule has 1 aromatic carbocycles. The second-order valence-electron chi connectivity index (χ2n) is 6.31. The summed E-state index contributed by atoms with van der Waals surface area (Å²) in [4.78, 5) is 0. The van der Waals surface area contributed by atoms with Gasteiger partial charge in [-0.15, -0.1) is 0 Å². The van der Waals surface area contributed by atoms with Gasteiger partial charge in [-0.05, 0) is 54.9 Å². The third-order valence-corrected chi connectivity index (χ3v) is 3.90. The van der Waals surface area contributed by atoms with Gasteiger partial charge in [0.1, 0.15) is 5.82 Å². The maximum Gasteiger partial charge on any atom is 0.123 e. The molecule has 1 nitrogen and oxygen atoms in total. The van der Waals surface area contributed by atoms with Crippen LogP contribution in [0.15, 0.2) is 18.2 Å². The Hall–Kier alpha value is -0.890. The van der Waals surface area contributed by atoms with E-state index in [9.17, 15) is 9.50 Å². The van der Waals surface area contributed by atoms with Crippen LogP contribution in [0.5, 0.6) is 0 Å². The molecule has 1 saturated carbocycles. The van der Waals surface area contributed by atoms with Gasteiger partial charge >= 0.3 is 0 Å². The summed E-state index contributed by atoms with van der Waals surface area (Å²) in [7, 11) is 0. The van der Waals surface area contributed by atoms with E-state index in [1.54, 1.807) is 12.1 Å². The zero-order chi connectivity index (χ0) is 12.7. The Balaban J connectivity index is 2.16. The van der Waals surface area contributed by atoms with Crippen LogP contribution in [0.3, 0.4) is 0 Å². The summed E-state index contributed by atoms with van der Waals surface area (Å²) >= 11 is 0. The highest BCUT2D eigenvalue weighted by atomic mass is 19.1. The Morgan fingerprint density at radius 1 is 1.29 bits per heavy atom. The van der Waals surface area contributed by atoms with Gasteiger partial charge in [0.25, 0.3) is 0 Å². The van der Waals surface area contributed by atoms with Gasteiger partial charge in [-0.25, -0.2) is 4.39 Å². The van der Waals surface area contributed by atoms with Crippen molar-refractivity contribution in [3.63, 3.8) is 0 Å². The number of hydrogen-bond acceptors (Lipinski definition) is 1. The predicted molar refractivity (Wildman–Crippen MR) is 67.4 cm³/mol. The van der Waals surface area contributed by atoms with Gasteiger partial charge in [0.15, 0.2) is 0 Å². The standard InChI is InChI=1S/C15H21FO/c1-11-8-13(16)5-4-12(11)9-15(17)7-6-14(2,3)10-15/h4-5,8,17H,6-7,9-10H2,1-3H3. The van der Waals surface area contributed by atoms with E-state index in [0.717, 1.165) is 30.4 Å². The fourth-order valence-corrected chi connectivity index (χ4v) is 3.00. The van der Waals surface area contributed by atoms with Crippen molar-refractivity contribution in [1.82, 2.24) is 0 Å².